The summed E-state index contributed by atoms with van der Waals surface area (Å²) in [4.78, 5) is 69.4. The van der Waals surface area contributed by atoms with Gasteiger partial charge in [-0.05, 0) is 76.9 Å². The van der Waals surface area contributed by atoms with Crippen LogP contribution in [-0.4, -0.2) is 46.0 Å². The zero-order chi connectivity index (χ0) is 34.0. The molecule has 3 aliphatic carbocycles. The Balaban J connectivity index is 1.15. The van der Waals surface area contributed by atoms with Crippen molar-refractivity contribution < 1.29 is 33.1 Å². The Kier molecular flexibility index (Phi) is 7.46. The van der Waals surface area contributed by atoms with Crippen LogP contribution in [0.1, 0.15) is 65.4 Å². The highest BCUT2D eigenvalue weighted by Crippen LogP contribution is 2.61. The van der Waals surface area contributed by atoms with Crippen molar-refractivity contribution in [3.05, 3.63) is 159 Å². The Morgan fingerprint density at radius 2 is 1.31 bits per heavy atom. The molecule has 11 heteroatoms. The second kappa shape index (κ2) is 11.9. The van der Waals surface area contributed by atoms with Gasteiger partial charge in [0.1, 0.15) is 12.3 Å². The van der Waals surface area contributed by atoms with Gasteiger partial charge in [-0.25, -0.2) is 9.80 Å². The number of nitrogens with zero attached hydrogens (tertiary/aromatic N) is 2. The molecule has 4 aliphatic rings. The summed E-state index contributed by atoms with van der Waals surface area (Å²) in [6.45, 7) is -0.657. The molecule has 2 atom stereocenters. The molecule has 4 aromatic carbocycles. The topological polar surface area (TPSA) is 114 Å². The van der Waals surface area contributed by atoms with Gasteiger partial charge in [0.15, 0.2) is 5.78 Å². The maximum absolute atomic E-state index is 14.5. The van der Waals surface area contributed by atoms with Crippen molar-refractivity contribution in [3.8, 4) is 5.75 Å². The smallest absolute Gasteiger partial charge is 0.379 e. The number of amides is 3. The van der Waals surface area contributed by atoms with Gasteiger partial charge >= 0.3 is 5.97 Å². The number of esters is 1. The van der Waals surface area contributed by atoms with Crippen molar-refractivity contribution in [1.29, 1.82) is 0 Å². The van der Waals surface area contributed by atoms with E-state index in [1.54, 1.807) is 6.07 Å². The number of furan rings is 1. The van der Waals surface area contributed by atoms with E-state index in [1.807, 2.05) is 48.5 Å². The van der Waals surface area contributed by atoms with E-state index in [0.717, 1.165) is 32.3 Å². The number of Topliss-reactive ketones (excluding diaryl/α,β-unsaturated/α-hetero) is 1. The summed E-state index contributed by atoms with van der Waals surface area (Å²) in [5.41, 5.74) is 3.99. The number of hydrazine groups is 1. The molecule has 0 saturated carbocycles. The Hall–Kier alpha value is -5.51. The first kappa shape index (κ1) is 30.8. The molecule has 242 valence electrons. The normalized spacial score (nSPS) is 20.0. The number of carbonyl (C=O) groups is 5. The van der Waals surface area contributed by atoms with E-state index in [2.05, 4.69) is 0 Å². The quantitative estimate of drug-likeness (QED) is 0.0787. The first-order chi connectivity index (χ1) is 23.7. The zero-order valence-electron chi connectivity index (χ0n) is 25.4. The van der Waals surface area contributed by atoms with Crippen LogP contribution in [0.2, 0.25) is 10.0 Å². The molecular weight excluding hydrogens is 667 g/mol. The molecule has 49 heavy (non-hydrogen) atoms. The van der Waals surface area contributed by atoms with Crippen LogP contribution in [0, 0.1) is 11.8 Å². The first-order valence-electron chi connectivity index (χ1n) is 15.4. The maximum atomic E-state index is 14.5. The largest absolute Gasteiger partial charge is 0.457 e. The van der Waals surface area contributed by atoms with Crippen LogP contribution in [-0.2, 0) is 9.59 Å². The van der Waals surface area contributed by atoms with E-state index in [4.69, 9.17) is 32.4 Å². The summed E-state index contributed by atoms with van der Waals surface area (Å²) in [7, 11) is 0. The van der Waals surface area contributed by atoms with E-state index < -0.39 is 59.7 Å². The molecule has 1 fully saturated rings. The van der Waals surface area contributed by atoms with E-state index in [0.29, 0.717) is 0 Å². The van der Waals surface area contributed by atoms with Crippen molar-refractivity contribution in [1.82, 2.24) is 10.0 Å². The number of ether oxygens (including phenoxy) is 1. The van der Waals surface area contributed by atoms with Crippen LogP contribution in [0.3, 0.4) is 0 Å². The molecule has 9 nitrogen and oxygen atoms in total. The van der Waals surface area contributed by atoms with Gasteiger partial charge < -0.3 is 9.15 Å². The number of benzene rings is 4. The fourth-order valence-electron chi connectivity index (χ4n) is 7.42. The van der Waals surface area contributed by atoms with Crippen LogP contribution in [0.4, 0.5) is 0 Å². The van der Waals surface area contributed by atoms with Crippen LogP contribution in [0.25, 0.3) is 0 Å². The Bertz CT molecular complexity index is 2080. The van der Waals surface area contributed by atoms with Gasteiger partial charge in [-0.15, -0.1) is 0 Å². The average Bonchev–Trinajstić information content (AvgIpc) is 3.74. The third-order valence-corrected chi connectivity index (χ3v) is 10.0. The minimum atomic E-state index is -0.818. The second-order valence-corrected chi connectivity index (χ2v) is 12.9. The number of ketones is 1. The minimum Gasteiger partial charge on any atom is -0.457 e. The molecule has 1 aliphatic heterocycles. The van der Waals surface area contributed by atoms with Crippen molar-refractivity contribution in [2.24, 2.45) is 11.8 Å². The molecule has 0 unspecified atom stereocenters. The van der Waals surface area contributed by atoms with Crippen molar-refractivity contribution in [3.63, 3.8) is 0 Å². The van der Waals surface area contributed by atoms with Gasteiger partial charge in [0.25, 0.3) is 17.7 Å². The maximum Gasteiger partial charge on any atom is 0.379 e. The number of halogens is 2. The lowest BCUT2D eigenvalue weighted by Crippen LogP contribution is -2.52. The van der Waals surface area contributed by atoms with Crippen LogP contribution >= 0.6 is 23.2 Å². The Morgan fingerprint density at radius 1 is 0.735 bits per heavy atom. The van der Waals surface area contributed by atoms with Gasteiger partial charge in [0, 0.05) is 22.4 Å². The number of imide groups is 1. The van der Waals surface area contributed by atoms with Gasteiger partial charge in [0.2, 0.25) is 5.76 Å². The van der Waals surface area contributed by atoms with Gasteiger partial charge in [-0.3, -0.25) is 19.2 Å². The van der Waals surface area contributed by atoms with Crippen molar-refractivity contribution in [2.45, 2.75) is 11.8 Å². The lowest BCUT2D eigenvalue weighted by molar-refractivity contribution is -0.154. The van der Waals surface area contributed by atoms with Crippen LogP contribution < -0.4 is 4.74 Å². The number of hydrogen-bond donors (Lipinski definition) is 0. The molecule has 0 spiro atoms. The molecule has 1 saturated heterocycles. The molecular formula is C38H24Cl2N2O7. The van der Waals surface area contributed by atoms with Gasteiger partial charge in [-0.2, -0.15) is 5.01 Å². The van der Waals surface area contributed by atoms with E-state index >= 15 is 0 Å². The van der Waals surface area contributed by atoms with E-state index in [9.17, 15) is 24.0 Å². The summed E-state index contributed by atoms with van der Waals surface area (Å²) < 4.78 is 10.4. The molecule has 3 amide bonds. The number of hydrogen-bond acceptors (Lipinski definition) is 7. The Morgan fingerprint density at radius 3 is 1.82 bits per heavy atom. The Labute approximate surface area is 289 Å². The monoisotopic (exact) mass is 690 g/mol. The minimum absolute atomic E-state index is 0.00549. The SMILES string of the molecule is O=C(CN(C(=O)c1ccc(Cl)cc1Cl)N1C(=O)[C@@H]2C3c4ccccc4C(c4ccccc43)[C@H]2C1=O)c1ccc(OC(=O)c2ccco2)cc1. The van der Waals surface area contributed by atoms with Crippen LogP contribution in [0.15, 0.2) is 114 Å². The van der Waals surface area contributed by atoms with Crippen LogP contribution in [0.5, 0.6) is 5.75 Å². The highest BCUT2D eigenvalue weighted by Gasteiger charge is 2.63. The molecule has 5 aromatic rings. The molecule has 2 bridgehead atoms. The highest BCUT2D eigenvalue weighted by molar-refractivity contribution is 6.36. The fraction of sp³-hybridized carbons (Fsp3) is 0.132. The third-order valence-electron chi connectivity index (χ3n) is 9.47. The molecule has 9 rings (SSSR count). The van der Waals surface area contributed by atoms with Gasteiger partial charge in [0.05, 0.1) is 28.7 Å². The standard InChI is InChI=1S/C38H24Cl2N2O7/c39-21-13-16-27(28(40)18-21)35(44)41(19-29(43)20-11-14-22(15-12-20)49-38(47)30-10-5-17-48-30)42-36(45)33-31-23-6-1-2-7-24(23)32(34(33)37(42)46)26-9-4-3-8-25(26)31/h1-18,31-34H,19H2/t31?,32?,33-,34-/m1/s1. The first-order valence-corrected chi connectivity index (χ1v) is 16.2. The molecule has 0 N–H and O–H groups in total. The predicted molar refractivity (Wildman–Crippen MR) is 177 cm³/mol. The summed E-state index contributed by atoms with van der Waals surface area (Å²) in [6, 6.07) is 28.5. The lowest BCUT2D eigenvalue weighted by Gasteiger charge is -2.45. The van der Waals surface area contributed by atoms with E-state index in [1.165, 1.54) is 54.8 Å². The highest BCUT2D eigenvalue weighted by atomic mass is 35.5. The molecule has 1 aromatic heterocycles. The fourth-order valence-corrected chi connectivity index (χ4v) is 7.91. The predicted octanol–water partition coefficient (Wildman–Crippen LogP) is 6.94. The molecule has 2 heterocycles. The van der Waals surface area contributed by atoms with E-state index in [-0.39, 0.29) is 32.7 Å². The number of carbonyl (C=O) groups excluding carboxylic acids is 5. The molecule has 0 radical (unpaired) electrons. The van der Waals surface area contributed by atoms with Crippen molar-refractivity contribution >= 4 is 52.7 Å². The summed E-state index contributed by atoms with van der Waals surface area (Å²) in [6.07, 6.45) is 1.34. The summed E-state index contributed by atoms with van der Waals surface area (Å²) in [5.74, 6) is -5.47. The average molecular weight is 692 g/mol. The number of rotatable bonds is 7. The zero-order valence-corrected chi connectivity index (χ0v) is 26.9. The van der Waals surface area contributed by atoms with Gasteiger partial charge in [-0.1, -0.05) is 71.7 Å². The van der Waals surface area contributed by atoms with Crippen molar-refractivity contribution in [2.75, 3.05) is 6.54 Å². The summed E-state index contributed by atoms with van der Waals surface area (Å²) in [5, 5.41) is 2.01. The second-order valence-electron chi connectivity index (χ2n) is 12.1. The lowest BCUT2D eigenvalue weighted by atomic mass is 9.55. The summed E-state index contributed by atoms with van der Waals surface area (Å²) >= 11 is 12.5. The third kappa shape index (κ3) is 4.96.